The van der Waals surface area contributed by atoms with Crippen LogP contribution in [-0.2, 0) is 6.42 Å². The van der Waals surface area contributed by atoms with E-state index in [0.717, 1.165) is 19.5 Å². The highest BCUT2D eigenvalue weighted by molar-refractivity contribution is 7.09. The second-order valence-electron chi connectivity index (χ2n) is 4.85. The van der Waals surface area contributed by atoms with Crippen molar-refractivity contribution in [2.24, 2.45) is 5.41 Å². The Morgan fingerprint density at radius 3 is 2.64 bits per heavy atom. The van der Waals surface area contributed by atoms with E-state index in [9.17, 15) is 0 Å². The van der Waals surface area contributed by atoms with Crippen molar-refractivity contribution in [1.82, 2.24) is 10.3 Å². The lowest BCUT2D eigenvalue weighted by atomic mass is 9.97. The van der Waals surface area contributed by atoms with Gasteiger partial charge in [-0.15, -0.1) is 11.3 Å². The summed E-state index contributed by atoms with van der Waals surface area (Å²) in [5.41, 5.74) is 3.49. The van der Waals surface area contributed by atoms with E-state index in [-0.39, 0.29) is 0 Å². The molecule has 0 bridgehead atoms. The molecule has 1 N–H and O–H groups in total. The molecule has 0 saturated heterocycles. The van der Waals surface area contributed by atoms with E-state index >= 15 is 0 Å². The van der Waals surface area contributed by atoms with Crippen molar-refractivity contribution < 1.29 is 0 Å². The van der Waals surface area contributed by atoms with Crippen LogP contribution in [0.1, 0.15) is 31.3 Å². The van der Waals surface area contributed by atoms with Crippen LogP contribution in [0.25, 0.3) is 0 Å². The van der Waals surface area contributed by atoms with Gasteiger partial charge in [0.25, 0.3) is 0 Å². The highest BCUT2D eigenvalue weighted by Crippen LogP contribution is 2.13. The van der Waals surface area contributed by atoms with E-state index in [1.807, 2.05) is 5.51 Å². The van der Waals surface area contributed by atoms with Gasteiger partial charge in [0.15, 0.2) is 0 Å². The SMILES string of the molecule is Cc1ncsc1CCNCC(C)(C)C. The predicted molar refractivity (Wildman–Crippen MR) is 62.9 cm³/mol. The number of rotatable bonds is 4. The number of hydrogen-bond acceptors (Lipinski definition) is 3. The van der Waals surface area contributed by atoms with E-state index in [1.54, 1.807) is 11.3 Å². The average molecular weight is 212 g/mol. The summed E-state index contributed by atoms with van der Waals surface area (Å²) in [5.74, 6) is 0. The normalized spacial score (nSPS) is 12.0. The summed E-state index contributed by atoms with van der Waals surface area (Å²) in [6, 6.07) is 0. The summed E-state index contributed by atoms with van der Waals surface area (Å²) in [4.78, 5) is 5.64. The van der Waals surface area contributed by atoms with Crippen molar-refractivity contribution in [3.05, 3.63) is 16.1 Å². The van der Waals surface area contributed by atoms with Gasteiger partial charge in [-0.25, -0.2) is 4.98 Å². The van der Waals surface area contributed by atoms with E-state index in [2.05, 4.69) is 38.0 Å². The first kappa shape index (κ1) is 11.7. The largest absolute Gasteiger partial charge is 0.316 e. The first-order chi connectivity index (χ1) is 6.49. The summed E-state index contributed by atoms with van der Waals surface area (Å²) in [7, 11) is 0. The Labute approximate surface area is 90.8 Å². The summed E-state index contributed by atoms with van der Waals surface area (Å²) in [6.45, 7) is 11.0. The number of thiazole rings is 1. The van der Waals surface area contributed by atoms with Gasteiger partial charge in [-0.3, -0.25) is 0 Å². The van der Waals surface area contributed by atoms with Crippen LogP contribution in [0, 0.1) is 12.3 Å². The molecule has 1 aromatic heterocycles. The zero-order valence-electron chi connectivity index (χ0n) is 9.55. The molecule has 0 saturated carbocycles. The molecule has 14 heavy (non-hydrogen) atoms. The second-order valence-corrected chi connectivity index (χ2v) is 5.79. The lowest BCUT2D eigenvalue weighted by Crippen LogP contribution is -2.28. The van der Waals surface area contributed by atoms with Crippen molar-refractivity contribution in [2.75, 3.05) is 13.1 Å². The first-order valence-corrected chi connectivity index (χ1v) is 5.97. The minimum Gasteiger partial charge on any atom is -0.316 e. The molecule has 0 aromatic carbocycles. The monoisotopic (exact) mass is 212 g/mol. The van der Waals surface area contributed by atoms with Gasteiger partial charge in [0.05, 0.1) is 11.2 Å². The van der Waals surface area contributed by atoms with Crippen LogP contribution in [0.5, 0.6) is 0 Å². The molecule has 3 heteroatoms. The smallest absolute Gasteiger partial charge is 0.0797 e. The van der Waals surface area contributed by atoms with Crippen molar-refractivity contribution >= 4 is 11.3 Å². The fourth-order valence-electron chi connectivity index (χ4n) is 1.23. The Morgan fingerprint density at radius 1 is 1.43 bits per heavy atom. The van der Waals surface area contributed by atoms with Crippen LogP contribution in [0.15, 0.2) is 5.51 Å². The Bertz CT molecular complexity index is 273. The minimum absolute atomic E-state index is 0.378. The van der Waals surface area contributed by atoms with Gasteiger partial charge in [0.2, 0.25) is 0 Å². The molecule has 2 nitrogen and oxygen atoms in total. The van der Waals surface area contributed by atoms with Crippen molar-refractivity contribution in [1.29, 1.82) is 0 Å². The molecule has 0 spiro atoms. The van der Waals surface area contributed by atoms with Gasteiger partial charge in [-0.2, -0.15) is 0 Å². The maximum atomic E-state index is 4.23. The Kier molecular flexibility index (Phi) is 4.08. The topological polar surface area (TPSA) is 24.9 Å². The third kappa shape index (κ3) is 4.20. The maximum absolute atomic E-state index is 4.23. The van der Waals surface area contributed by atoms with E-state index in [4.69, 9.17) is 0 Å². The van der Waals surface area contributed by atoms with Gasteiger partial charge < -0.3 is 5.32 Å². The summed E-state index contributed by atoms with van der Waals surface area (Å²) in [6.07, 6.45) is 1.10. The molecule has 0 aliphatic rings. The lowest BCUT2D eigenvalue weighted by Gasteiger charge is -2.18. The summed E-state index contributed by atoms with van der Waals surface area (Å²) >= 11 is 1.76. The highest BCUT2D eigenvalue weighted by atomic mass is 32.1. The molecule has 1 aromatic rings. The van der Waals surface area contributed by atoms with E-state index in [0.29, 0.717) is 5.41 Å². The number of aromatic nitrogens is 1. The zero-order valence-corrected chi connectivity index (χ0v) is 10.4. The Morgan fingerprint density at radius 2 is 2.14 bits per heavy atom. The fraction of sp³-hybridized carbons (Fsp3) is 0.727. The van der Waals surface area contributed by atoms with Gasteiger partial charge >= 0.3 is 0 Å². The quantitative estimate of drug-likeness (QED) is 0.776. The molecule has 0 aliphatic carbocycles. The second kappa shape index (κ2) is 4.89. The van der Waals surface area contributed by atoms with Crippen molar-refractivity contribution in [3.63, 3.8) is 0 Å². The lowest BCUT2D eigenvalue weighted by molar-refractivity contribution is 0.382. The molecule has 0 radical (unpaired) electrons. The number of nitrogens with one attached hydrogen (secondary N) is 1. The van der Waals surface area contributed by atoms with Gasteiger partial charge in [-0.05, 0) is 18.8 Å². The number of aryl methyl sites for hydroxylation is 1. The van der Waals surface area contributed by atoms with Crippen LogP contribution >= 0.6 is 11.3 Å². The molecule has 1 rings (SSSR count). The molecule has 80 valence electrons. The van der Waals surface area contributed by atoms with Crippen LogP contribution in [0.3, 0.4) is 0 Å². The number of hydrogen-bond donors (Lipinski definition) is 1. The van der Waals surface area contributed by atoms with Crippen LogP contribution in [0.2, 0.25) is 0 Å². The first-order valence-electron chi connectivity index (χ1n) is 5.09. The van der Waals surface area contributed by atoms with E-state index < -0.39 is 0 Å². The molecule has 0 unspecified atom stereocenters. The highest BCUT2D eigenvalue weighted by Gasteiger charge is 2.08. The molecule has 0 amide bonds. The molecule has 0 fully saturated rings. The standard InChI is InChI=1S/C11H20N2S/c1-9-10(14-8-13-9)5-6-12-7-11(2,3)4/h8,12H,5-7H2,1-4H3. The Hall–Kier alpha value is -0.410. The van der Waals surface area contributed by atoms with Gasteiger partial charge in [0, 0.05) is 18.0 Å². The van der Waals surface area contributed by atoms with Crippen LogP contribution < -0.4 is 5.32 Å². The molecule has 0 atom stereocenters. The molecule has 0 aliphatic heterocycles. The van der Waals surface area contributed by atoms with Crippen LogP contribution in [0.4, 0.5) is 0 Å². The van der Waals surface area contributed by atoms with Crippen LogP contribution in [-0.4, -0.2) is 18.1 Å². The Balaban J connectivity index is 2.20. The van der Waals surface area contributed by atoms with Gasteiger partial charge in [0.1, 0.15) is 0 Å². The third-order valence-electron chi connectivity index (χ3n) is 2.03. The fourth-order valence-corrected chi connectivity index (χ4v) is 2.01. The van der Waals surface area contributed by atoms with Crippen molar-refractivity contribution in [3.8, 4) is 0 Å². The number of nitrogens with zero attached hydrogens (tertiary/aromatic N) is 1. The summed E-state index contributed by atoms with van der Waals surface area (Å²) < 4.78 is 0. The van der Waals surface area contributed by atoms with Crippen molar-refractivity contribution in [2.45, 2.75) is 34.1 Å². The minimum atomic E-state index is 0.378. The van der Waals surface area contributed by atoms with Gasteiger partial charge in [-0.1, -0.05) is 20.8 Å². The third-order valence-corrected chi connectivity index (χ3v) is 3.02. The zero-order chi connectivity index (χ0) is 10.6. The predicted octanol–water partition coefficient (Wildman–Crippen LogP) is 2.63. The average Bonchev–Trinajstić information content (AvgIpc) is 2.44. The molecular formula is C11H20N2S. The summed E-state index contributed by atoms with van der Waals surface area (Å²) in [5, 5.41) is 3.47. The maximum Gasteiger partial charge on any atom is 0.0797 e. The van der Waals surface area contributed by atoms with E-state index in [1.165, 1.54) is 10.6 Å². The molecule has 1 heterocycles. The molecular weight excluding hydrogens is 192 g/mol.